The lowest BCUT2D eigenvalue weighted by atomic mass is 10.1. The zero-order valence-corrected chi connectivity index (χ0v) is 13.0. The van der Waals surface area contributed by atoms with Gasteiger partial charge < -0.3 is 10.1 Å². The third kappa shape index (κ3) is 2.33. The van der Waals surface area contributed by atoms with Crippen LogP contribution in [0, 0.1) is 5.82 Å². The number of H-pyrrole nitrogens is 1. The van der Waals surface area contributed by atoms with Gasteiger partial charge in [-0.1, -0.05) is 11.6 Å². The molecule has 4 rings (SSSR count). The van der Waals surface area contributed by atoms with Gasteiger partial charge in [0.2, 0.25) is 0 Å². The number of methoxy groups -OCH3 is 1. The largest absolute Gasteiger partial charge is 0.495 e. The first-order valence-corrected chi connectivity index (χ1v) is 7.50. The summed E-state index contributed by atoms with van der Waals surface area (Å²) in [4.78, 5) is 0. The number of halogens is 2. The Morgan fingerprint density at radius 2 is 2.13 bits per heavy atom. The molecule has 1 aliphatic rings. The number of hydrogen-bond donors (Lipinski definition) is 2. The molecule has 1 heterocycles. The lowest BCUT2D eigenvalue weighted by Crippen LogP contribution is -1.95. The molecule has 2 N–H and O–H groups in total. The first-order valence-electron chi connectivity index (χ1n) is 7.12. The minimum atomic E-state index is -0.224. The van der Waals surface area contributed by atoms with Gasteiger partial charge in [0.05, 0.1) is 17.8 Å². The van der Waals surface area contributed by atoms with Gasteiger partial charge in [-0.15, -0.1) is 0 Å². The normalized spacial score (nSPS) is 12.0. The van der Waals surface area contributed by atoms with Gasteiger partial charge in [0.25, 0.3) is 0 Å². The number of anilines is 2. The Morgan fingerprint density at radius 1 is 1.26 bits per heavy atom. The molecule has 0 atom stereocenters. The summed E-state index contributed by atoms with van der Waals surface area (Å²) in [6.07, 6.45) is 0.644. The first kappa shape index (κ1) is 14.1. The van der Waals surface area contributed by atoms with Crippen molar-refractivity contribution in [2.45, 2.75) is 6.42 Å². The van der Waals surface area contributed by atoms with E-state index in [2.05, 4.69) is 15.5 Å². The summed E-state index contributed by atoms with van der Waals surface area (Å²) in [6, 6.07) is 10.3. The van der Waals surface area contributed by atoms with Crippen LogP contribution in [0.4, 0.5) is 15.9 Å². The first-order chi connectivity index (χ1) is 11.2. The predicted octanol–water partition coefficient (Wildman–Crippen LogP) is 4.53. The number of ether oxygens (including phenoxy) is 1. The molecule has 0 aliphatic heterocycles. The van der Waals surface area contributed by atoms with Crippen molar-refractivity contribution < 1.29 is 9.13 Å². The van der Waals surface area contributed by atoms with E-state index in [1.165, 1.54) is 6.07 Å². The van der Waals surface area contributed by atoms with E-state index in [-0.39, 0.29) is 5.82 Å². The maximum atomic E-state index is 13.4. The number of nitrogens with one attached hydrogen (secondary N) is 2. The topological polar surface area (TPSA) is 49.9 Å². The van der Waals surface area contributed by atoms with Gasteiger partial charge in [0, 0.05) is 23.2 Å². The third-order valence-corrected chi connectivity index (χ3v) is 4.28. The number of benzene rings is 2. The smallest absolute Gasteiger partial charge is 0.156 e. The number of nitrogens with zero attached hydrogens (tertiary/aromatic N) is 1. The monoisotopic (exact) mass is 329 g/mol. The van der Waals surface area contributed by atoms with Gasteiger partial charge in [0.15, 0.2) is 5.82 Å². The second-order valence-electron chi connectivity index (χ2n) is 5.38. The summed E-state index contributed by atoms with van der Waals surface area (Å²) in [5, 5.41) is 11.1. The Kier molecular flexibility index (Phi) is 3.23. The number of hydrogen-bond acceptors (Lipinski definition) is 3. The van der Waals surface area contributed by atoms with E-state index in [0.717, 1.165) is 33.9 Å². The minimum Gasteiger partial charge on any atom is -0.495 e. The number of fused-ring (bicyclic) bond motifs is 3. The molecule has 1 aromatic heterocycles. The molecule has 2 aromatic carbocycles. The SMILES string of the molecule is COc1ccc(Nc2n[nH]c3c2Cc2cc(F)ccc2-3)cc1Cl. The minimum absolute atomic E-state index is 0.224. The van der Waals surface area contributed by atoms with Crippen molar-refractivity contribution in [2.75, 3.05) is 12.4 Å². The van der Waals surface area contributed by atoms with Gasteiger partial charge in [-0.3, -0.25) is 5.10 Å². The van der Waals surface area contributed by atoms with E-state index in [4.69, 9.17) is 16.3 Å². The van der Waals surface area contributed by atoms with Crippen LogP contribution in [0.1, 0.15) is 11.1 Å². The molecule has 0 fully saturated rings. The molecule has 0 spiro atoms. The molecule has 0 bridgehead atoms. The highest BCUT2D eigenvalue weighted by Crippen LogP contribution is 2.40. The van der Waals surface area contributed by atoms with Crippen molar-refractivity contribution in [3.63, 3.8) is 0 Å². The van der Waals surface area contributed by atoms with Crippen molar-refractivity contribution in [1.82, 2.24) is 10.2 Å². The van der Waals surface area contributed by atoms with Gasteiger partial charge in [-0.2, -0.15) is 5.10 Å². The second-order valence-corrected chi connectivity index (χ2v) is 5.79. The zero-order chi connectivity index (χ0) is 16.0. The van der Waals surface area contributed by atoms with Crippen molar-refractivity contribution in [1.29, 1.82) is 0 Å². The predicted molar refractivity (Wildman–Crippen MR) is 88.1 cm³/mol. The fourth-order valence-corrected chi connectivity index (χ4v) is 3.14. The van der Waals surface area contributed by atoms with Crippen LogP contribution < -0.4 is 10.1 Å². The van der Waals surface area contributed by atoms with E-state index < -0.39 is 0 Å². The molecular formula is C17H13ClFN3O. The Labute approximate surface area is 137 Å². The molecule has 1 aliphatic carbocycles. The Balaban J connectivity index is 1.66. The fraction of sp³-hybridized carbons (Fsp3) is 0.118. The molecular weight excluding hydrogens is 317 g/mol. The summed E-state index contributed by atoms with van der Waals surface area (Å²) in [5.41, 5.74) is 4.73. The van der Waals surface area contributed by atoms with E-state index in [9.17, 15) is 4.39 Å². The quantitative estimate of drug-likeness (QED) is 0.580. The van der Waals surface area contributed by atoms with Crippen LogP contribution in [-0.2, 0) is 6.42 Å². The molecule has 116 valence electrons. The average Bonchev–Trinajstić information content (AvgIpc) is 3.07. The van der Waals surface area contributed by atoms with Crippen LogP contribution in [0.3, 0.4) is 0 Å². The molecule has 4 nitrogen and oxygen atoms in total. The van der Waals surface area contributed by atoms with Crippen LogP contribution >= 0.6 is 11.6 Å². The molecule has 3 aromatic rings. The lowest BCUT2D eigenvalue weighted by Gasteiger charge is -2.08. The number of aromatic amines is 1. The van der Waals surface area contributed by atoms with Gasteiger partial charge in [-0.05, 0) is 42.0 Å². The highest BCUT2D eigenvalue weighted by atomic mass is 35.5. The summed E-state index contributed by atoms with van der Waals surface area (Å²) in [5.74, 6) is 1.11. The summed E-state index contributed by atoms with van der Waals surface area (Å²) >= 11 is 6.14. The molecule has 0 unspecified atom stereocenters. The maximum Gasteiger partial charge on any atom is 0.156 e. The van der Waals surface area contributed by atoms with Crippen LogP contribution in [-0.4, -0.2) is 17.3 Å². The van der Waals surface area contributed by atoms with Gasteiger partial charge in [0.1, 0.15) is 11.6 Å². The van der Waals surface area contributed by atoms with Crippen LogP contribution in [0.25, 0.3) is 11.3 Å². The zero-order valence-electron chi connectivity index (χ0n) is 12.3. The van der Waals surface area contributed by atoms with Crippen molar-refractivity contribution >= 4 is 23.1 Å². The molecule has 0 radical (unpaired) electrons. The molecule has 6 heteroatoms. The van der Waals surface area contributed by atoms with Crippen molar-refractivity contribution in [3.8, 4) is 17.0 Å². The van der Waals surface area contributed by atoms with E-state index in [1.807, 2.05) is 6.07 Å². The summed E-state index contributed by atoms with van der Waals surface area (Å²) in [7, 11) is 1.57. The Bertz CT molecular complexity index is 907. The maximum absolute atomic E-state index is 13.4. The molecule has 23 heavy (non-hydrogen) atoms. The van der Waals surface area contributed by atoms with Crippen molar-refractivity contribution in [3.05, 3.63) is 58.4 Å². The Morgan fingerprint density at radius 3 is 2.91 bits per heavy atom. The summed E-state index contributed by atoms with van der Waals surface area (Å²) < 4.78 is 18.5. The number of aromatic nitrogens is 2. The molecule has 0 amide bonds. The highest BCUT2D eigenvalue weighted by Gasteiger charge is 2.24. The van der Waals surface area contributed by atoms with Gasteiger partial charge in [-0.25, -0.2) is 4.39 Å². The van der Waals surface area contributed by atoms with Crippen LogP contribution in [0.2, 0.25) is 5.02 Å². The van der Waals surface area contributed by atoms with Crippen molar-refractivity contribution in [2.24, 2.45) is 0 Å². The molecule has 0 saturated heterocycles. The lowest BCUT2D eigenvalue weighted by molar-refractivity contribution is 0.415. The van der Waals surface area contributed by atoms with Crippen LogP contribution in [0.15, 0.2) is 36.4 Å². The fourth-order valence-electron chi connectivity index (χ4n) is 2.89. The highest BCUT2D eigenvalue weighted by molar-refractivity contribution is 6.32. The number of rotatable bonds is 3. The third-order valence-electron chi connectivity index (χ3n) is 3.99. The standard InChI is InChI=1S/C17H13ClFN3O/c1-23-15-5-3-11(8-14(15)18)20-17-13-7-9-6-10(19)2-4-12(9)16(13)21-22-17/h2-6,8H,7H2,1H3,(H2,20,21,22). The van der Waals surface area contributed by atoms with E-state index >= 15 is 0 Å². The molecule has 0 saturated carbocycles. The average molecular weight is 330 g/mol. The van der Waals surface area contributed by atoms with E-state index in [1.54, 1.807) is 31.4 Å². The van der Waals surface area contributed by atoms with E-state index in [0.29, 0.717) is 17.2 Å². The van der Waals surface area contributed by atoms with Crippen LogP contribution in [0.5, 0.6) is 5.75 Å². The second kappa shape index (κ2) is 5.28. The summed E-state index contributed by atoms with van der Waals surface area (Å²) in [6.45, 7) is 0. The van der Waals surface area contributed by atoms with Gasteiger partial charge >= 0.3 is 0 Å². The Hall–Kier alpha value is -2.53.